The van der Waals surface area contributed by atoms with Gasteiger partial charge in [-0.15, -0.1) is 11.3 Å². The number of benzene rings is 6. The summed E-state index contributed by atoms with van der Waals surface area (Å²) in [5.74, 6) is 1.21. The monoisotopic (exact) mass is 663 g/mol. The molecule has 0 unspecified atom stereocenters. The number of para-hydroxylation sites is 4. The summed E-state index contributed by atoms with van der Waals surface area (Å²) in [6.45, 7) is 0. The molecule has 0 spiro atoms. The Morgan fingerprint density at radius 1 is 0.556 bits per heavy atom. The molecular weight excluding hydrogens is 642 g/mol. The van der Waals surface area contributed by atoms with Crippen molar-refractivity contribution in [3.8, 4) is 22.9 Å². The average molecular weight is 665 g/mol. The predicted molar refractivity (Wildman–Crippen MR) is 188 cm³/mol. The van der Waals surface area contributed by atoms with Gasteiger partial charge in [0.05, 0.1) is 10.4 Å². The van der Waals surface area contributed by atoms with Crippen molar-refractivity contribution in [3.05, 3.63) is 138 Å². The zero-order valence-electron chi connectivity index (χ0n) is 23.6. The van der Waals surface area contributed by atoms with Crippen LogP contribution in [0.15, 0.2) is 147 Å². The maximum absolute atomic E-state index is 6.06. The van der Waals surface area contributed by atoms with E-state index < -0.39 is 0 Å². The van der Waals surface area contributed by atoms with Gasteiger partial charge in [-0.3, -0.25) is 0 Å². The molecule has 9 aromatic rings. The molecule has 0 aliphatic rings. The zero-order valence-corrected chi connectivity index (χ0v) is 26.0. The van der Waals surface area contributed by atoms with Crippen molar-refractivity contribution in [3.63, 3.8) is 0 Å². The van der Waals surface area contributed by atoms with Gasteiger partial charge >= 0.3 is 0 Å². The van der Waals surface area contributed by atoms with Gasteiger partial charge in [0.25, 0.3) is 0 Å². The van der Waals surface area contributed by atoms with Gasteiger partial charge in [-0.25, -0.2) is 9.97 Å². The number of aromatic nitrogens is 2. The third kappa shape index (κ3) is 4.51. The Morgan fingerprint density at radius 2 is 1.13 bits per heavy atom. The van der Waals surface area contributed by atoms with Crippen LogP contribution < -0.4 is 4.90 Å². The van der Waals surface area contributed by atoms with Crippen LogP contribution in [-0.4, -0.2) is 9.97 Å². The van der Waals surface area contributed by atoms with Gasteiger partial charge in [0.15, 0.2) is 11.2 Å². The Morgan fingerprint density at radius 3 is 1.71 bits per heavy atom. The van der Waals surface area contributed by atoms with Crippen molar-refractivity contribution < 1.29 is 8.83 Å². The number of anilines is 3. The van der Waals surface area contributed by atoms with Crippen LogP contribution in [0.2, 0.25) is 0 Å². The normalized spacial score (nSPS) is 11.7. The molecule has 3 aromatic heterocycles. The molecule has 0 aliphatic carbocycles. The summed E-state index contributed by atoms with van der Waals surface area (Å²) in [4.78, 5) is 11.7. The van der Waals surface area contributed by atoms with Crippen LogP contribution in [0.5, 0.6) is 0 Å². The lowest BCUT2D eigenvalue weighted by molar-refractivity contribution is 0.619. The molecule has 9 rings (SSSR count). The molecule has 0 aliphatic heterocycles. The first-order valence-corrected chi connectivity index (χ1v) is 16.1. The lowest BCUT2D eigenvalue weighted by Crippen LogP contribution is -2.10. The summed E-state index contributed by atoms with van der Waals surface area (Å²) in [5, 5.41) is 2.47. The minimum absolute atomic E-state index is 0.606. The van der Waals surface area contributed by atoms with E-state index >= 15 is 0 Å². The van der Waals surface area contributed by atoms with Crippen LogP contribution in [0.3, 0.4) is 0 Å². The predicted octanol–water partition coefficient (Wildman–Crippen LogP) is 11.9. The molecule has 0 radical (unpaired) electrons. The fourth-order valence-corrected chi connectivity index (χ4v) is 7.40. The van der Waals surface area contributed by atoms with Crippen LogP contribution in [0.4, 0.5) is 17.1 Å². The standard InChI is InChI=1S/C38H22BrN3O2S/c39-25-16-21-35-29(22-25)28-6-5-9-32(36(28)45-35)42(26-17-12-23(13-18-26)37-40-30-7-1-3-10-33(30)43-37)27-19-14-24(15-20-27)38-41-31-8-2-4-11-34(31)44-38/h1-22H. The van der Waals surface area contributed by atoms with E-state index in [1.54, 1.807) is 11.3 Å². The number of nitrogens with zero attached hydrogens (tertiary/aromatic N) is 3. The number of hydrogen-bond acceptors (Lipinski definition) is 6. The topological polar surface area (TPSA) is 55.3 Å². The second-order valence-electron chi connectivity index (χ2n) is 10.8. The SMILES string of the molecule is Brc1ccc2sc3c(N(c4ccc(-c5nc6ccccc6o5)cc4)c4ccc(-c5nc6ccccc6o5)cc4)cccc3c2c1. The van der Waals surface area contributed by atoms with Crippen molar-refractivity contribution in [2.24, 2.45) is 0 Å². The third-order valence-electron chi connectivity index (χ3n) is 8.01. The summed E-state index contributed by atoms with van der Waals surface area (Å²) in [6, 6.07) is 45.5. The van der Waals surface area contributed by atoms with Gasteiger partial charge in [-0.2, -0.15) is 0 Å². The maximum atomic E-state index is 6.06. The molecule has 0 fully saturated rings. The number of oxazole rings is 2. The summed E-state index contributed by atoms with van der Waals surface area (Å²) >= 11 is 5.47. The van der Waals surface area contributed by atoms with Crippen molar-refractivity contribution in [2.45, 2.75) is 0 Å². The lowest BCUT2D eigenvalue weighted by atomic mass is 10.1. The van der Waals surface area contributed by atoms with Crippen molar-refractivity contribution in [1.82, 2.24) is 9.97 Å². The minimum Gasteiger partial charge on any atom is -0.436 e. The van der Waals surface area contributed by atoms with Crippen LogP contribution in [0.1, 0.15) is 0 Å². The number of hydrogen-bond donors (Lipinski definition) is 0. The first kappa shape index (κ1) is 26.2. The van der Waals surface area contributed by atoms with Gasteiger partial charge in [0.2, 0.25) is 11.8 Å². The fraction of sp³-hybridized carbons (Fsp3) is 0. The highest BCUT2D eigenvalue weighted by Crippen LogP contribution is 2.45. The zero-order chi connectivity index (χ0) is 29.9. The smallest absolute Gasteiger partial charge is 0.227 e. The molecule has 0 amide bonds. The molecule has 6 aromatic carbocycles. The quantitative estimate of drug-likeness (QED) is 0.183. The molecule has 0 N–H and O–H groups in total. The summed E-state index contributed by atoms with van der Waals surface area (Å²) in [5.41, 5.74) is 8.25. The van der Waals surface area contributed by atoms with E-state index in [4.69, 9.17) is 18.8 Å². The second-order valence-corrected chi connectivity index (χ2v) is 12.8. The minimum atomic E-state index is 0.606. The highest BCUT2D eigenvalue weighted by molar-refractivity contribution is 9.10. The van der Waals surface area contributed by atoms with Crippen molar-refractivity contribution >= 4 is 86.7 Å². The van der Waals surface area contributed by atoms with Crippen LogP contribution in [0, 0.1) is 0 Å². The van der Waals surface area contributed by atoms with E-state index in [1.807, 2.05) is 48.5 Å². The van der Waals surface area contributed by atoms with E-state index in [2.05, 4.69) is 106 Å². The molecule has 214 valence electrons. The highest BCUT2D eigenvalue weighted by atomic mass is 79.9. The number of fused-ring (bicyclic) bond motifs is 5. The van der Waals surface area contributed by atoms with Gasteiger partial charge in [-0.1, -0.05) is 52.3 Å². The lowest BCUT2D eigenvalue weighted by Gasteiger charge is -2.26. The molecule has 7 heteroatoms. The largest absolute Gasteiger partial charge is 0.436 e. The first-order chi connectivity index (χ1) is 22.2. The number of rotatable bonds is 5. The third-order valence-corrected chi connectivity index (χ3v) is 9.71. The van der Waals surface area contributed by atoms with Gasteiger partial charge in [0, 0.05) is 42.4 Å². The van der Waals surface area contributed by atoms with Crippen LogP contribution in [0.25, 0.3) is 65.3 Å². The molecular formula is C38H22BrN3O2S. The molecule has 45 heavy (non-hydrogen) atoms. The van der Waals surface area contributed by atoms with E-state index in [1.165, 1.54) is 20.2 Å². The van der Waals surface area contributed by atoms with E-state index in [0.717, 1.165) is 54.9 Å². The first-order valence-electron chi connectivity index (χ1n) is 14.5. The summed E-state index contributed by atoms with van der Waals surface area (Å²) in [6.07, 6.45) is 0. The summed E-state index contributed by atoms with van der Waals surface area (Å²) < 4.78 is 15.7. The van der Waals surface area contributed by atoms with Gasteiger partial charge in [-0.05, 0) is 97.1 Å². The Labute approximate surface area is 270 Å². The molecule has 0 saturated heterocycles. The van der Waals surface area contributed by atoms with E-state index in [9.17, 15) is 0 Å². The second kappa shape index (κ2) is 10.4. The number of thiophene rings is 1. The summed E-state index contributed by atoms with van der Waals surface area (Å²) in [7, 11) is 0. The molecule has 0 atom stereocenters. The van der Waals surface area contributed by atoms with Crippen LogP contribution in [-0.2, 0) is 0 Å². The van der Waals surface area contributed by atoms with Crippen LogP contribution >= 0.6 is 27.3 Å². The van der Waals surface area contributed by atoms with Crippen molar-refractivity contribution in [1.29, 1.82) is 0 Å². The number of halogens is 1. The molecule has 0 saturated carbocycles. The Bertz CT molecular complexity index is 2330. The highest BCUT2D eigenvalue weighted by Gasteiger charge is 2.19. The Kier molecular flexibility index (Phi) is 6.07. The molecule has 0 bridgehead atoms. The molecule has 3 heterocycles. The fourth-order valence-electron chi connectivity index (χ4n) is 5.86. The van der Waals surface area contributed by atoms with Crippen molar-refractivity contribution in [2.75, 3.05) is 4.90 Å². The van der Waals surface area contributed by atoms with Gasteiger partial charge < -0.3 is 13.7 Å². The Balaban J connectivity index is 1.18. The van der Waals surface area contributed by atoms with E-state index in [-0.39, 0.29) is 0 Å². The Hall–Kier alpha value is -5.24. The van der Waals surface area contributed by atoms with E-state index in [0.29, 0.717) is 11.8 Å². The molecule has 5 nitrogen and oxygen atoms in total. The average Bonchev–Trinajstić information content (AvgIpc) is 3.81. The maximum Gasteiger partial charge on any atom is 0.227 e. The van der Waals surface area contributed by atoms with Gasteiger partial charge in [0.1, 0.15) is 11.0 Å².